The van der Waals surface area contributed by atoms with E-state index in [1.165, 1.54) is 0 Å². The first-order valence-electron chi connectivity index (χ1n) is 6.48. The summed E-state index contributed by atoms with van der Waals surface area (Å²) in [4.78, 5) is 12.2. The Balaban J connectivity index is 2.31. The summed E-state index contributed by atoms with van der Waals surface area (Å²) in [6.45, 7) is 3.92. The summed E-state index contributed by atoms with van der Waals surface area (Å²) in [6, 6.07) is 6.80. The first kappa shape index (κ1) is 14.1. The van der Waals surface area contributed by atoms with Crippen LogP contribution in [0.3, 0.4) is 0 Å². The molecule has 2 aromatic rings. The molecule has 0 spiro atoms. The van der Waals surface area contributed by atoms with Crippen LogP contribution in [0.2, 0.25) is 5.02 Å². The second-order valence-corrected chi connectivity index (χ2v) is 5.11. The van der Waals surface area contributed by atoms with Gasteiger partial charge in [0, 0.05) is 10.4 Å². The molecule has 0 aliphatic carbocycles. The van der Waals surface area contributed by atoms with Gasteiger partial charge < -0.3 is 9.52 Å². The Hall–Kier alpha value is -1.32. The summed E-state index contributed by atoms with van der Waals surface area (Å²) in [5, 5.41) is 11.4. The van der Waals surface area contributed by atoms with Crippen molar-refractivity contribution in [3.05, 3.63) is 35.0 Å². The van der Waals surface area contributed by atoms with Gasteiger partial charge in [-0.25, -0.2) is 0 Å². The first-order chi connectivity index (χ1) is 9.06. The lowest BCUT2D eigenvalue weighted by Crippen LogP contribution is -2.28. The van der Waals surface area contributed by atoms with Crippen LogP contribution in [-0.4, -0.2) is 17.0 Å². The number of halogens is 1. The van der Waals surface area contributed by atoms with Crippen molar-refractivity contribution in [3.8, 4) is 0 Å². The van der Waals surface area contributed by atoms with Gasteiger partial charge in [-0.05, 0) is 30.2 Å². The molecule has 1 unspecified atom stereocenters. The SMILES string of the molecule is CCC(CC)C(O)C(=O)c1cc2cc(Cl)ccc2o1. The normalized spacial score (nSPS) is 13.1. The minimum Gasteiger partial charge on any atom is -0.453 e. The van der Waals surface area contributed by atoms with Gasteiger partial charge in [0.25, 0.3) is 0 Å². The Labute approximate surface area is 117 Å². The second-order valence-electron chi connectivity index (χ2n) is 4.68. The van der Waals surface area contributed by atoms with Crippen molar-refractivity contribution in [2.24, 2.45) is 5.92 Å². The highest BCUT2D eigenvalue weighted by Gasteiger charge is 2.27. The maximum atomic E-state index is 12.2. The Morgan fingerprint density at radius 2 is 2.00 bits per heavy atom. The lowest BCUT2D eigenvalue weighted by atomic mass is 9.93. The average Bonchev–Trinajstić information content (AvgIpc) is 2.81. The molecule has 0 aliphatic heterocycles. The molecule has 2 rings (SSSR count). The molecule has 0 bridgehead atoms. The fourth-order valence-corrected chi connectivity index (χ4v) is 2.41. The summed E-state index contributed by atoms with van der Waals surface area (Å²) in [5.74, 6) is -0.206. The molecule has 0 saturated heterocycles. The monoisotopic (exact) mass is 280 g/mol. The molecule has 19 heavy (non-hydrogen) atoms. The molecule has 0 radical (unpaired) electrons. The lowest BCUT2D eigenvalue weighted by molar-refractivity contribution is 0.0562. The number of carbonyl (C=O) groups is 1. The molecular weight excluding hydrogens is 264 g/mol. The van der Waals surface area contributed by atoms with Gasteiger partial charge in [0.1, 0.15) is 11.7 Å². The van der Waals surface area contributed by atoms with Crippen LogP contribution < -0.4 is 0 Å². The number of aliphatic hydroxyl groups is 1. The largest absolute Gasteiger partial charge is 0.453 e. The van der Waals surface area contributed by atoms with Crippen LogP contribution in [0.5, 0.6) is 0 Å². The van der Waals surface area contributed by atoms with Crippen LogP contribution in [0, 0.1) is 5.92 Å². The molecular formula is C15H17ClO3. The van der Waals surface area contributed by atoms with E-state index in [9.17, 15) is 9.90 Å². The average molecular weight is 281 g/mol. The minimum atomic E-state index is -1.01. The van der Waals surface area contributed by atoms with Crippen molar-refractivity contribution in [3.63, 3.8) is 0 Å². The van der Waals surface area contributed by atoms with Gasteiger partial charge in [-0.1, -0.05) is 38.3 Å². The topological polar surface area (TPSA) is 50.4 Å². The number of ketones is 1. The van der Waals surface area contributed by atoms with Gasteiger partial charge in [0.2, 0.25) is 5.78 Å². The fourth-order valence-electron chi connectivity index (χ4n) is 2.23. The highest BCUT2D eigenvalue weighted by Crippen LogP contribution is 2.25. The highest BCUT2D eigenvalue weighted by atomic mass is 35.5. The lowest BCUT2D eigenvalue weighted by Gasteiger charge is -2.17. The molecule has 1 aromatic heterocycles. The number of rotatable bonds is 5. The fraction of sp³-hybridized carbons (Fsp3) is 0.400. The number of carbonyl (C=O) groups excluding carboxylic acids is 1. The van der Waals surface area contributed by atoms with Crippen LogP contribution in [0.25, 0.3) is 11.0 Å². The molecule has 1 aromatic carbocycles. The van der Waals surface area contributed by atoms with E-state index in [2.05, 4.69) is 0 Å². The minimum absolute atomic E-state index is 0.0377. The van der Waals surface area contributed by atoms with E-state index in [0.29, 0.717) is 10.6 Å². The van der Waals surface area contributed by atoms with Crippen LogP contribution in [-0.2, 0) is 0 Å². The standard InChI is InChI=1S/C15H17ClO3/c1-3-9(4-2)14(17)15(18)13-8-10-7-11(16)5-6-12(10)19-13/h5-9,14,17H,3-4H2,1-2H3. The van der Waals surface area contributed by atoms with Gasteiger partial charge in [-0.2, -0.15) is 0 Å². The number of fused-ring (bicyclic) bond motifs is 1. The molecule has 0 aliphatic rings. The van der Waals surface area contributed by atoms with E-state index in [1.54, 1.807) is 24.3 Å². The van der Waals surface area contributed by atoms with Gasteiger partial charge in [-0.3, -0.25) is 4.79 Å². The van der Waals surface area contributed by atoms with Crippen molar-refractivity contribution < 1.29 is 14.3 Å². The molecule has 102 valence electrons. The number of hydrogen-bond donors (Lipinski definition) is 1. The third-order valence-electron chi connectivity index (χ3n) is 3.49. The summed E-state index contributed by atoms with van der Waals surface area (Å²) in [5.41, 5.74) is 0.601. The second kappa shape index (κ2) is 5.76. The maximum absolute atomic E-state index is 12.2. The number of furan rings is 1. The van der Waals surface area contributed by atoms with Gasteiger partial charge >= 0.3 is 0 Å². The number of Topliss-reactive ketones (excluding diaryl/α,β-unsaturated/α-hetero) is 1. The number of hydrogen-bond acceptors (Lipinski definition) is 3. The zero-order valence-electron chi connectivity index (χ0n) is 11.0. The molecule has 0 saturated carbocycles. The van der Waals surface area contributed by atoms with E-state index in [-0.39, 0.29) is 17.5 Å². The van der Waals surface area contributed by atoms with E-state index >= 15 is 0 Å². The van der Waals surface area contributed by atoms with E-state index in [4.69, 9.17) is 16.0 Å². The molecule has 3 nitrogen and oxygen atoms in total. The zero-order chi connectivity index (χ0) is 14.0. The third kappa shape index (κ3) is 2.82. The van der Waals surface area contributed by atoms with E-state index in [0.717, 1.165) is 18.2 Å². The van der Waals surface area contributed by atoms with Crippen LogP contribution in [0.4, 0.5) is 0 Å². The van der Waals surface area contributed by atoms with Crippen LogP contribution in [0.15, 0.2) is 28.7 Å². The quantitative estimate of drug-likeness (QED) is 0.840. The Bertz CT molecular complexity index is 584. The summed E-state index contributed by atoms with van der Waals surface area (Å²) >= 11 is 5.89. The zero-order valence-corrected chi connectivity index (χ0v) is 11.8. The molecule has 0 amide bonds. The Morgan fingerprint density at radius 3 is 2.63 bits per heavy atom. The first-order valence-corrected chi connectivity index (χ1v) is 6.86. The number of benzene rings is 1. The van der Waals surface area contributed by atoms with Crippen LogP contribution >= 0.6 is 11.6 Å². The maximum Gasteiger partial charge on any atom is 0.226 e. The molecule has 1 atom stereocenters. The molecule has 0 fully saturated rings. The van der Waals surface area contributed by atoms with E-state index in [1.807, 2.05) is 13.8 Å². The van der Waals surface area contributed by atoms with Gasteiger partial charge in [-0.15, -0.1) is 0 Å². The highest BCUT2D eigenvalue weighted by molar-refractivity contribution is 6.31. The smallest absolute Gasteiger partial charge is 0.226 e. The molecule has 4 heteroatoms. The van der Waals surface area contributed by atoms with Crippen molar-refractivity contribution in [1.82, 2.24) is 0 Å². The van der Waals surface area contributed by atoms with Crippen molar-refractivity contribution in [2.45, 2.75) is 32.8 Å². The predicted molar refractivity (Wildman–Crippen MR) is 75.6 cm³/mol. The molecule has 1 heterocycles. The van der Waals surface area contributed by atoms with Crippen molar-refractivity contribution in [1.29, 1.82) is 0 Å². The van der Waals surface area contributed by atoms with E-state index < -0.39 is 6.10 Å². The summed E-state index contributed by atoms with van der Waals surface area (Å²) in [6.07, 6.45) is 0.510. The summed E-state index contributed by atoms with van der Waals surface area (Å²) < 4.78 is 5.48. The summed E-state index contributed by atoms with van der Waals surface area (Å²) in [7, 11) is 0. The van der Waals surface area contributed by atoms with Gasteiger partial charge in [0.05, 0.1) is 0 Å². The predicted octanol–water partition coefficient (Wildman–Crippen LogP) is 4.07. The third-order valence-corrected chi connectivity index (χ3v) is 3.72. The van der Waals surface area contributed by atoms with Gasteiger partial charge in [0.15, 0.2) is 5.76 Å². The van der Waals surface area contributed by atoms with Crippen molar-refractivity contribution >= 4 is 28.4 Å². The van der Waals surface area contributed by atoms with Crippen molar-refractivity contribution in [2.75, 3.05) is 0 Å². The Kier molecular flexibility index (Phi) is 4.27. The van der Waals surface area contributed by atoms with Crippen LogP contribution in [0.1, 0.15) is 37.2 Å². The molecule has 1 N–H and O–H groups in total. The number of aliphatic hydroxyl groups excluding tert-OH is 1. The Morgan fingerprint density at radius 1 is 1.32 bits per heavy atom.